The van der Waals surface area contributed by atoms with Gasteiger partial charge in [0.05, 0.1) is 21.7 Å². The standard InChI is InChI=1S/C8H7ClN2S/c1-5-4-12-8(7(5)9)6(11)2-3-10/h2,4H,11H2,1H3. The molecule has 0 aromatic carbocycles. The minimum absolute atomic E-state index is 0.431. The van der Waals surface area contributed by atoms with Crippen LogP contribution in [-0.2, 0) is 0 Å². The third-order valence-electron chi connectivity index (χ3n) is 1.38. The first-order valence-electron chi connectivity index (χ1n) is 3.26. The predicted molar refractivity (Wildman–Crippen MR) is 51.8 cm³/mol. The summed E-state index contributed by atoms with van der Waals surface area (Å²) in [5.41, 5.74) is 7.01. The average Bonchev–Trinajstić information content (AvgIpc) is 2.34. The normalized spacial score (nSPS) is 11.2. The highest BCUT2D eigenvalue weighted by molar-refractivity contribution is 7.12. The second-order valence-corrected chi connectivity index (χ2v) is 3.55. The van der Waals surface area contributed by atoms with Crippen molar-refractivity contribution in [2.45, 2.75) is 6.92 Å². The van der Waals surface area contributed by atoms with Gasteiger partial charge in [-0.15, -0.1) is 11.3 Å². The van der Waals surface area contributed by atoms with Gasteiger partial charge < -0.3 is 5.73 Å². The molecule has 1 aromatic rings. The maximum Gasteiger partial charge on any atom is 0.0934 e. The number of nitrogens with two attached hydrogens (primary N) is 1. The van der Waals surface area contributed by atoms with Crippen LogP contribution in [0.3, 0.4) is 0 Å². The van der Waals surface area contributed by atoms with Crippen LogP contribution in [0, 0.1) is 18.3 Å². The SMILES string of the molecule is Cc1csc(C(N)=CC#N)c1Cl. The molecule has 0 saturated heterocycles. The van der Waals surface area contributed by atoms with Crippen LogP contribution in [0.4, 0.5) is 0 Å². The highest BCUT2D eigenvalue weighted by Gasteiger charge is 2.07. The molecule has 1 aromatic heterocycles. The van der Waals surface area contributed by atoms with Crippen LogP contribution < -0.4 is 5.73 Å². The number of rotatable bonds is 1. The summed E-state index contributed by atoms with van der Waals surface area (Å²) < 4.78 is 0. The van der Waals surface area contributed by atoms with E-state index in [2.05, 4.69) is 0 Å². The van der Waals surface area contributed by atoms with E-state index >= 15 is 0 Å². The molecule has 1 rings (SSSR count). The Balaban J connectivity index is 3.14. The van der Waals surface area contributed by atoms with Gasteiger partial charge in [-0.3, -0.25) is 0 Å². The number of allylic oxidation sites excluding steroid dienone is 1. The summed E-state index contributed by atoms with van der Waals surface area (Å²) in [4.78, 5) is 0.774. The molecule has 0 aliphatic rings. The molecule has 0 amide bonds. The first kappa shape index (κ1) is 9.11. The molecule has 0 radical (unpaired) electrons. The maximum absolute atomic E-state index is 8.35. The summed E-state index contributed by atoms with van der Waals surface area (Å²) in [6.45, 7) is 1.90. The highest BCUT2D eigenvalue weighted by atomic mass is 35.5. The fraction of sp³-hybridized carbons (Fsp3) is 0.125. The van der Waals surface area contributed by atoms with Crippen molar-refractivity contribution in [3.05, 3.63) is 26.9 Å². The van der Waals surface area contributed by atoms with Gasteiger partial charge in [-0.1, -0.05) is 11.6 Å². The quantitative estimate of drug-likeness (QED) is 0.705. The van der Waals surface area contributed by atoms with E-state index in [1.165, 1.54) is 17.4 Å². The van der Waals surface area contributed by atoms with Gasteiger partial charge in [-0.25, -0.2) is 0 Å². The van der Waals surface area contributed by atoms with E-state index in [9.17, 15) is 0 Å². The van der Waals surface area contributed by atoms with Crippen LogP contribution in [0.5, 0.6) is 0 Å². The molecule has 62 valence electrons. The Hall–Kier alpha value is -0.980. The Morgan fingerprint density at radius 2 is 2.50 bits per heavy atom. The number of nitrogens with zero attached hydrogens (tertiary/aromatic N) is 1. The Bertz CT molecular complexity index is 360. The molecule has 1 heterocycles. The van der Waals surface area contributed by atoms with Gasteiger partial charge in [0.1, 0.15) is 0 Å². The van der Waals surface area contributed by atoms with Gasteiger partial charge in [-0.2, -0.15) is 5.26 Å². The van der Waals surface area contributed by atoms with Crippen LogP contribution in [0.1, 0.15) is 10.4 Å². The van der Waals surface area contributed by atoms with Crippen LogP contribution in [0.15, 0.2) is 11.5 Å². The zero-order valence-corrected chi connectivity index (χ0v) is 8.04. The third kappa shape index (κ3) is 1.60. The molecular formula is C8H7ClN2S. The van der Waals surface area contributed by atoms with Gasteiger partial charge >= 0.3 is 0 Å². The monoisotopic (exact) mass is 198 g/mol. The predicted octanol–water partition coefficient (Wildman–Crippen LogP) is 2.53. The number of halogens is 1. The molecule has 0 aliphatic carbocycles. The lowest BCUT2D eigenvalue weighted by atomic mass is 10.3. The molecule has 0 bridgehead atoms. The van der Waals surface area contributed by atoms with Crippen LogP contribution >= 0.6 is 22.9 Å². The van der Waals surface area contributed by atoms with Crippen molar-refractivity contribution in [2.24, 2.45) is 5.73 Å². The van der Waals surface area contributed by atoms with E-state index < -0.39 is 0 Å². The lowest BCUT2D eigenvalue weighted by Gasteiger charge is -1.95. The average molecular weight is 199 g/mol. The van der Waals surface area contributed by atoms with Crippen molar-refractivity contribution >= 4 is 28.6 Å². The minimum atomic E-state index is 0.431. The molecule has 12 heavy (non-hydrogen) atoms. The lowest BCUT2D eigenvalue weighted by molar-refractivity contribution is 1.50. The topological polar surface area (TPSA) is 49.8 Å². The lowest BCUT2D eigenvalue weighted by Crippen LogP contribution is -1.93. The van der Waals surface area contributed by atoms with Crippen molar-refractivity contribution in [1.29, 1.82) is 5.26 Å². The second-order valence-electron chi connectivity index (χ2n) is 2.29. The van der Waals surface area contributed by atoms with E-state index in [0.717, 1.165) is 10.4 Å². The number of aryl methyl sites for hydroxylation is 1. The van der Waals surface area contributed by atoms with E-state index in [-0.39, 0.29) is 0 Å². The van der Waals surface area contributed by atoms with E-state index in [1.54, 1.807) is 0 Å². The Labute approximate surface area is 79.9 Å². The molecule has 2 nitrogen and oxygen atoms in total. The summed E-state index contributed by atoms with van der Waals surface area (Å²) in [7, 11) is 0. The van der Waals surface area contributed by atoms with Crippen LogP contribution in [0.25, 0.3) is 5.70 Å². The molecule has 2 N–H and O–H groups in total. The minimum Gasteiger partial charge on any atom is -0.397 e. The van der Waals surface area contributed by atoms with Gasteiger partial charge in [0.15, 0.2) is 0 Å². The molecule has 0 atom stereocenters. The van der Waals surface area contributed by atoms with Crippen LogP contribution in [-0.4, -0.2) is 0 Å². The first-order chi connectivity index (χ1) is 5.66. The molecule has 0 unspecified atom stereocenters. The molecule has 0 spiro atoms. The van der Waals surface area contributed by atoms with Crippen LogP contribution in [0.2, 0.25) is 5.02 Å². The van der Waals surface area contributed by atoms with E-state index in [1.807, 2.05) is 18.4 Å². The smallest absolute Gasteiger partial charge is 0.0934 e. The number of hydrogen-bond acceptors (Lipinski definition) is 3. The number of hydrogen-bond donors (Lipinski definition) is 1. The number of nitriles is 1. The molecule has 0 aliphatic heterocycles. The van der Waals surface area contributed by atoms with Gasteiger partial charge in [0.25, 0.3) is 0 Å². The van der Waals surface area contributed by atoms with Crippen molar-refractivity contribution in [3.63, 3.8) is 0 Å². The van der Waals surface area contributed by atoms with Gasteiger partial charge in [0.2, 0.25) is 0 Å². The largest absolute Gasteiger partial charge is 0.397 e. The van der Waals surface area contributed by atoms with E-state index in [4.69, 9.17) is 22.6 Å². The zero-order chi connectivity index (χ0) is 9.14. The summed E-state index contributed by atoms with van der Waals surface area (Å²) in [5, 5.41) is 10.9. The Morgan fingerprint density at radius 1 is 1.83 bits per heavy atom. The van der Waals surface area contributed by atoms with Crippen molar-refractivity contribution in [1.82, 2.24) is 0 Å². The molecule has 4 heteroatoms. The summed E-state index contributed by atoms with van der Waals surface area (Å²) in [5.74, 6) is 0. The Kier molecular flexibility index (Phi) is 2.74. The summed E-state index contributed by atoms with van der Waals surface area (Å²) >= 11 is 7.37. The van der Waals surface area contributed by atoms with Crippen molar-refractivity contribution in [3.8, 4) is 6.07 Å². The van der Waals surface area contributed by atoms with Gasteiger partial charge in [0, 0.05) is 6.08 Å². The molecular weight excluding hydrogens is 192 g/mol. The van der Waals surface area contributed by atoms with E-state index in [0.29, 0.717) is 10.7 Å². The van der Waals surface area contributed by atoms with Gasteiger partial charge in [-0.05, 0) is 17.9 Å². The molecule has 0 fully saturated rings. The molecule has 0 saturated carbocycles. The zero-order valence-electron chi connectivity index (χ0n) is 6.47. The number of thiophene rings is 1. The fourth-order valence-corrected chi connectivity index (χ4v) is 1.99. The summed E-state index contributed by atoms with van der Waals surface area (Å²) in [6.07, 6.45) is 1.29. The fourth-order valence-electron chi connectivity index (χ4n) is 0.760. The first-order valence-corrected chi connectivity index (χ1v) is 4.51. The summed E-state index contributed by atoms with van der Waals surface area (Å²) in [6, 6.07) is 1.86. The highest BCUT2D eigenvalue weighted by Crippen LogP contribution is 2.30. The Morgan fingerprint density at radius 3 is 2.92 bits per heavy atom. The maximum atomic E-state index is 8.35. The second kappa shape index (κ2) is 3.61. The van der Waals surface area contributed by atoms with Crippen molar-refractivity contribution in [2.75, 3.05) is 0 Å². The van der Waals surface area contributed by atoms with Crippen molar-refractivity contribution < 1.29 is 0 Å². The third-order valence-corrected chi connectivity index (χ3v) is 3.13.